The van der Waals surface area contributed by atoms with Crippen LogP contribution in [0.4, 0.5) is 13.2 Å². The molecule has 0 atom stereocenters. The van der Waals surface area contributed by atoms with Gasteiger partial charge in [-0.25, -0.2) is 4.79 Å². The van der Waals surface area contributed by atoms with Crippen LogP contribution < -0.4 is 0 Å². The first-order chi connectivity index (χ1) is 5.95. The molecule has 0 aromatic carbocycles. The molecule has 0 aromatic heterocycles. The molecule has 76 valence electrons. The van der Waals surface area contributed by atoms with Crippen LogP contribution in [-0.2, 0) is 9.53 Å². The first kappa shape index (κ1) is 12.0. The van der Waals surface area contributed by atoms with Gasteiger partial charge in [-0.1, -0.05) is 0 Å². The smallest absolute Gasteiger partial charge is 0.410 e. The lowest BCUT2D eigenvalue weighted by atomic mass is 10.4. The van der Waals surface area contributed by atoms with E-state index in [1.165, 1.54) is 0 Å². The van der Waals surface area contributed by atoms with Gasteiger partial charge in [-0.2, -0.15) is 13.2 Å². The highest BCUT2D eigenvalue weighted by molar-refractivity contribution is 5.81. The van der Waals surface area contributed by atoms with E-state index in [1.54, 1.807) is 0 Å². The summed E-state index contributed by atoms with van der Waals surface area (Å²) in [5.74, 6) is -1.06. The van der Waals surface area contributed by atoms with E-state index in [0.717, 1.165) is 0 Å². The number of ether oxygens (including phenoxy) is 1. The van der Waals surface area contributed by atoms with Crippen molar-refractivity contribution >= 4 is 5.97 Å². The molecule has 0 bridgehead atoms. The van der Waals surface area contributed by atoms with Crippen LogP contribution in [0.5, 0.6) is 0 Å². The van der Waals surface area contributed by atoms with Crippen molar-refractivity contribution in [2.24, 2.45) is 0 Å². The van der Waals surface area contributed by atoms with E-state index >= 15 is 0 Å². The topological polar surface area (TPSA) is 46.5 Å². The Morgan fingerprint density at radius 2 is 2.08 bits per heavy atom. The van der Waals surface area contributed by atoms with Crippen LogP contribution in [0.25, 0.3) is 0 Å². The molecule has 0 amide bonds. The molecular formula is C7H9F3O3. The third-order valence-corrected chi connectivity index (χ3v) is 0.955. The van der Waals surface area contributed by atoms with Crippen LogP contribution in [0.3, 0.4) is 0 Å². The van der Waals surface area contributed by atoms with Gasteiger partial charge >= 0.3 is 12.1 Å². The Bertz CT molecular complexity index is 186. The number of allylic oxidation sites excluding steroid dienone is 1. The van der Waals surface area contributed by atoms with Crippen LogP contribution >= 0.6 is 0 Å². The third-order valence-electron chi connectivity index (χ3n) is 0.955. The standard InChI is InChI=1S/C7H9F3O3/c8-7(9,10)3-2-6(12)13-5-1-4-11/h2-3,11H,1,4-5H2. The predicted molar refractivity (Wildman–Crippen MR) is 37.9 cm³/mol. The molecular weight excluding hydrogens is 189 g/mol. The van der Waals surface area contributed by atoms with E-state index in [1.807, 2.05) is 0 Å². The number of halogens is 3. The zero-order valence-corrected chi connectivity index (χ0v) is 6.67. The Kier molecular flexibility index (Phi) is 5.13. The van der Waals surface area contributed by atoms with E-state index in [4.69, 9.17) is 5.11 Å². The molecule has 6 heteroatoms. The monoisotopic (exact) mass is 198 g/mol. The maximum Gasteiger partial charge on any atom is 0.410 e. The quantitative estimate of drug-likeness (QED) is 0.417. The molecule has 13 heavy (non-hydrogen) atoms. The Morgan fingerprint density at radius 1 is 1.46 bits per heavy atom. The van der Waals surface area contributed by atoms with E-state index in [0.29, 0.717) is 6.08 Å². The second kappa shape index (κ2) is 5.58. The highest BCUT2D eigenvalue weighted by Gasteiger charge is 2.22. The molecule has 0 saturated carbocycles. The molecule has 0 heterocycles. The molecule has 1 N–H and O–H groups in total. The lowest BCUT2D eigenvalue weighted by molar-refractivity contribution is -0.138. The van der Waals surface area contributed by atoms with Gasteiger partial charge in [0.05, 0.1) is 6.61 Å². The summed E-state index contributed by atoms with van der Waals surface area (Å²) in [5, 5.41) is 8.25. The molecule has 0 rings (SSSR count). The number of carbonyl (C=O) groups excluding carboxylic acids is 1. The predicted octanol–water partition coefficient (Wildman–Crippen LogP) is 1.03. The Balaban J connectivity index is 3.68. The molecule has 0 fully saturated rings. The van der Waals surface area contributed by atoms with E-state index in [9.17, 15) is 18.0 Å². The number of esters is 1. The fourth-order valence-electron chi connectivity index (χ4n) is 0.448. The first-order valence-corrected chi connectivity index (χ1v) is 3.49. The van der Waals surface area contributed by atoms with E-state index in [-0.39, 0.29) is 25.7 Å². The summed E-state index contributed by atoms with van der Waals surface area (Å²) in [5.41, 5.74) is 0. The van der Waals surface area contributed by atoms with Gasteiger partial charge in [0.1, 0.15) is 0 Å². The molecule has 0 spiro atoms. The number of aliphatic hydroxyl groups is 1. The summed E-state index contributed by atoms with van der Waals surface area (Å²) in [7, 11) is 0. The summed E-state index contributed by atoms with van der Waals surface area (Å²) in [4.78, 5) is 10.5. The van der Waals surface area contributed by atoms with Crippen LogP contribution in [0.1, 0.15) is 6.42 Å². The number of rotatable bonds is 4. The number of hydrogen-bond acceptors (Lipinski definition) is 3. The van der Waals surface area contributed by atoms with Gasteiger partial charge in [0.2, 0.25) is 0 Å². The lowest BCUT2D eigenvalue weighted by Crippen LogP contribution is -2.07. The average Bonchev–Trinajstić information content (AvgIpc) is 2.00. The maximum absolute atomic E-state index is 11.5. The summed E-state index contributed by atoms with van der Waals surface area (Å²) in [6, 6.07) is 0. The minimum atomic E-state index is -4.50. The molecule has 0 aliphatic carbocycles. The van der Waals surface area contributed by atoms with Gasteiger partial charge in [0, 0.05) is 25.2 Å². The largest absolute Gasteiger partial charge is 0.462 e. The van der Waals surface area contributed by atoms with Crippen molar-refractivity contribution in [1.29, 1.82) is 0 Å². The SMILES string of the molecule is O=C(C=CC(F)(F)F)OCCCO. The Labute approximate surface area is 72.8 Å². The minimum Gasteiger partial charge on any atom is -0.462 e. The van der Waals surface area contributed by atoms with Gasteiger partial charge in [0.15, 0.2) is 0 Å². The summed E-state index contributed by atoms with van der Waals surface area (Å²) in [6.07, 6.45) is -4.19. The van der Waals surface area contributed by atoms with Crippen molar-refractivity contribution in [2.45, 2.75) is 12.6 Å². The molecule has 0 unspecified atom stereocenters. The zero-order valence-electron chi connectivity index (χ0n) is 6.67. The lowest BCUT2D eigenvalue weighted by Gasteiger charge is -2.00. The van der Waals surface area contributed by atoms with Crippen LogP contribution in [0, 0.1) is 0 Å². The van der Waals surface area contributed by atoms with Crippen molar-refractivity contribution < 1.29 is 27.8 Å². The van der Waals surface area contributed by atoms with Crippen molar-refractivity contribution in [3.8, 4) is 0 Å². The van der Waals surface area contributed by atoms with Gasteiger partial charge < -0.3 is 9.84 Å². The van der Waals surface area contributed by atoms with Crippen molar-refractivity contribution in [3.05, 3.63) is 12.2 Å². The second-order valence-corrected chi connectivity index (χ2v) is 2.12. The summed E-state index contributed by atoms with van der Waals surface area (Å²) in [6.45, 7) is -0.256. The normalized spacial score (nSPS) is 12.0. The van der Waals surface area contributed by atoms with Gasteiger partial charge in [-0.3, -0.25) is 0 Å². The summed E-state index contributed by atoms with van der Waals surface area (Å²) >= 11 is 0. The van der Waals surface area contributed by atoms with Gasteiger partial charge in [-0.15, -0.1) is 0 Å². The highest BCUT2D eigenvalue weighted by Crippen LogP contribution is 2.15. The van der Waals surface area contributed by atoms with E-state index < -0.39 is 12.1 Å². The molecule has 0 aromatic rings. The molecule has 0 radical (unpaired) electrons. The van der Waals surface area contributed by atoms with Crippen molar-refractivity contribution in [1.82, 2.24) is 0 Å². The Morgan fingerprint density at radius 3 is 2.54 bits per heavy atom. The van der Waals surface area contributed by atoms with Crippen molar-refractivity contribution in [3.63, 3.8) is 0 Å². The number of aliphatic hydroxyl groups excluding tert-OH is 1. The summed E-state index contributed by atoms with van der Waals surface area (Å²) < 4.78 is 38.7. The van der Waals surface area contributed by atoms with Gasteiger partial charge in [0.25, 0.3) is 0 Å². The van der Waals surface area contributed by atoms with Crippen molar-refractivity contribution in [2.75, 3.05) is 13.2 Å². The first-order valence-electron chi connectivity index (χ1n) is 3.49. The number of carbonyl (C=O) groups is 1. The average molecular weight is 198 g/mol. The molecule has 0 aliphatic rings. The fourth-order valence-corrected chi connectivity index (χ4v) is 0.448. The fraction of sp³-hybridized carbons (Fsp3) is 0.571. The number of alkyl halides is 3. The molecule has 3 nitrogen and oxygen atoms in total. The van der Waals surface area contributed by atoms with Crippen LogP contribution in [-0.4, -0.2) is 30.5 Å². The second-order valence-electron chi connectivity index (χ2n) is 2.12. The molecule has 0 aliphatic heterocycles. The minimum absolute atomic E-state index is 0.0858. The van der Waals surface area contributed by atoms with Gasteiger partial charge in [-0.05, 0) is 0 Å². The van der Waals surface area contributed by atoms with E-state index in [2.05, 4.69) is 4.74 Å². The number of hydrogen-bond donors (Lipinski definition) is 1. The zero-order chi connectivity index (χ0) is 10.3. The Hall–Kier alpha value is -1.04. The maximum atomic E-state index is 11.5. The molecule has 0 saturated heterocycles. The highest BCUT2D eigenvalue weighted by atomic mass is 19.4. The van der Waals surface area contributed by atoms with Crippen LogP contribution in [0.15, 0.2) is 12.2 Å². The van der Waals surface area contributed by atoms with Crippen LogP contribution in [0.2, 0.25) is 0 Å². The third kappa shape index (κ3) is 8.87.